The lowest BCUT2D eigenvalue weighted by Crippen LogP contribution is -2.00. The zero-order chi connectivity index (χ0) is 20.3. The number of ether oxygens (including phenoxy) is 2. The summed E-state index contributed by atoms with van der Waals surface area (Å²) in [6, 6.07) is 3.12. The maximum Gasteiger partial charge on any atom is 0.264 e. The first-order valence-corrected chi connectivity index (χ1v) is 9.48. The van der Waals surface area contributed by atoms with Gasteiger partial charge in [-0.25, -0.2) is 0 Å². The quantitative estimate of drug-likeness (QED) is 0.486. The van der Waals surface area contributed by atoms with Crippen molar-refractivity contribution in [3.05, 3.63) is 45.6 Å². The van der Waals surface area contributed by atoms with Crippen molar-refractivity contribution in [3.63, 3.8) is 0 Å². The normalized spacial score (nSPS) is 11.4. The second-order valence-electron chi connectivity index (χ2n) is 6.69. The molecule has 28 heavy (non-hydrogen) atoms. The van der Waals surface area contributed by atoms with Gasteiger partial charge in [0.05, 0.1) is 10.0 Å². The predicted octanol–water partition coefficient (Wildman–Crippen LogP) is 5.16. The third-order valence-electron chi connectivity index (χ3n) is 3.69. The third-order valence-corrected chi connectivity index (χ3v) is 4.28. The summed E-state index contributed by atoms with van der Waals surface area (Å²) in [5.41, 5.74) is 0. The van der Waals surface area contributed by atoms with E-state index in [1.807, 2.05) is 27.7 Å². The number of nitrogens with zero attached hydrogens (tertiary/aromatic N) is 4. The second-order valence-corrected chi connectivity index (χ2v) is 7.51. The van der Waals surface area contributed by atoms with E-state index in [9.17, 15) is 0 Å². The summed E-state index contributed by atoms with van der Waals surface area (Å²) in [6.45, 7) is 8.04. The molecule has 0 aliphatic heterocycles. The zero-order valence-corrected chi connectivity index (χ0v) is 17.4. The summed E-state index contributed by atoms with van der Waals surface area (Å²) in [6.07, 6.45) is 0. The summed E-state index contributed by atoms with van der Waals surface area (Å²) < 4.78 is 21.7. The van der Waals surface area contributed by atoms with E-state index in [1.165, 1.54) is 6.07 Å². The largest absolute Gasteiger partial charge is 0.482 e. The van der Waals surface area contributed by atoms with Crippen LogP contribution in [0.2, 0.25) is 10.0 Å². The molecule has 8 nitrogen and oxygen atoms in total. The number of benzene rings is 1. The molecule has 0 bridgehead atoms. The Labute approximate surface area is 172 Å². The molecule has 0 N–H and O–H groups in total. The van der Waals surface area contributed by atoms with Crippen LogP contribution in [0.5, 0.6) is 11.5 Å². The molecule has 1 aromatic carbocycles. The molecule has 10 heteroatoms. The summed E-state index contributed by atoms with van der Waals surface area (Å²) in [7, 11) is 0. The fraction of sp³-hybridized carbons (Fsp3) is 0.444. The van der Waals surface area contributed by atoms with Gasteiger partial charge in [-0.05, 0) is 6.07 Å². The van der Waals surface area contributed by atoms with Gasteiger partial charge >= 0.3 is 0 Å². The topological polar surface area (TPSA) is 96.3 Å². The Bertz CT molecular complexity index is 868. The average Bonchev–Trinajstić information content (AvgIpc) is 3.30. The van der Waals surface area contributed by atoms with E-state index in [-0.39, 0.29) is 25.0 Å². The van der Waals surface area contributed by atoms with Gasteiger partial charge < -0.3 is 18.5 Å². The number of hydrogen-bond donors (Lipinski definition) is 0. The van der Waals surface area contributed by atoms with E-state index in [4.69, 9.17) is 41.7 Å². The van der Waals surface area contributed by atoms with E-state index < -0.39 is 0 Å². The Morgan fingerprint density at radius 3 is 1.57 bits per heavy atom. The van der Waals surface area contributed by atoms with Crippen LogP contribution in [-0.2, 0) is 13.2 Å². The highest BCUT2D eigenvalue weighted by Gasteiger charge is 2.15. The lowest BCUT2D eigenvalue weighted by atomic mass is 10.2. The van der Waals surface area contributed by atoms with Crippen molar-refractivity contribution in [1.82, 2.24) is 20.3 Å². The summed E-state index contributed by atoms with van der Waals surface area (Å²) in [5, 5.41) is 8.45. The number of hydrogen-bond acceptors (Lipinski definition) is 8. The average molecular weight is 427 g/mol. The highest BCUT2D eigenvalue weighted by atomic mass is 35.5. The molecule has 0 spiro atoms. The first-order chi connectivity index (χ1) is 13.3. The Kier molecular flexibility index (Phi) is 6.41. The molecule has 0 amide bonds. The van der Waals surface area contributed by atoms with Crippen molar-refractivity contribution >= 4 is 23.2 Å². The highest BCUT2D eigenvalue weighted by molar-refractivity contribution is 6.36. The molecule has 2 aromatic heterocycles. The van der Waals surface area contributed by atoms with Crippen molar-refractivity contribution in [1.29, 1.82) is 0 Å². The van der Waals surface area contributed by atoms with Gasteiger partial charge in [0.1, 0.15) is 11.5 Å². The van der Waals surface area contributed by atoms with Crippen LogP contribution in [0, 0.1) is 0 Å². The smallest absolute Gasteiger partial charge is 0.264 e. The van der Waals surface area contributed by atoms with Gasteiger partial charge in [-0.1, -0.05) is 61.2 Å². The van der Waals surface area contributed by atoms with Gasteiger partial charge in [0.2, 0.25) is 0 Å². The summed E-state index contributed by atoms with van der Waals surface area (Å²) >= 11 is 12.4. The Hall–Kier alpha value is -2.32. The second kappa shape index (κ2) is 8.79. The minimum Gasteiger partial charge on any atom is -0.482 e. The van der Waals surface area contributed by atoms with Crippen LogP contribution in [0.1, 0.15) is 63.0 Å². The van der Waals surface area contributed by atoms with Crippen molar-refractivity contribution in [2.45, 2.75) is 52.7 Å². The SMILES string of the molecule is CC(C)c1noc(COc2cc(OCc3nc(C(C)C)no3)c(Cl)cc2Cl)n1. The minimum atomic E-state index is 0.0713. The molecule has 0 aliphatic rings. The van der Waals surface area contributed by atoms with Gasteiger partial charge in [0, 0.05) is 17.9 Å². The first-order valence-electron chi connectivity index (χ1n) is 8.73. The maximum atomic E-state index is 6.21. The summed E-state index contributed by atoms with van der Waals surface area (Å²) in [5.74, 6) is 3.01. The van der Waals surface area contributed by atoms with E-state index in [1.54, 1.807) is 6.07 Å². The van der Waals surface area contributed by atoms with Crippen LogP contribution in [0.15, 0.2) is 21.2 Å². The number of rotatable bonds is 8. The van der Waals surface area contributed by atoms with Crippen LogP contribution >= 0.6 is 23.2 Å². The fourth-order valence-electron chi connectivity index (χ4n) is 2.13. The lowest BCUT2D eigenvalue weighted by Gasteiger charge is -2.11. The first kappa shape index (κ1) is 20.4. The van der Waals surface area contributed by atoms with Crippen molar-refractivity contribution in [2.24, 2.45) is 0 Å². The molecule has 150 valence electrons. The molecule has 0 fully saturated rings. The van der Waals surface area contributed by atoms with Gasteiger partial charge in [-0.15, -0.1) is 0 Å². The molecule has 0 atom stereocenters. The zero-order valence-electron chi connectivity index (χ0n) is 15.9. The molecule has 3 aromatic rings. The van der Waals surface area contributed by atoms with Gasteiger partial charge in [-0.2, -0.15) is 9.97 Å². The molecular formula is C18H20Cl2N4O4. The Balaban J connectivity index is 1.67. The van der Waals surface area contributed by atoms with E-state index >= 15 is 0 Å². The van der Waals surface area contributed by atoms with Gasteiger partial charge in [-0.3, -0.25) is 0 Å². The molecule has 0 saturated heterocycles. The molecule has 0 aliphatic carbocycles. The Morgan fingerprint density at radius 2 is 1.21 bits per heavy atom. The van der Waals surface area contributed by atoms with Crippen LogP contribution in [0.25, 0.3) is 0 Å². The van der Waals surface area contributed by atoms with Gasteiger partial charge in [0.25, 0.3) is 11.8 Å². The predicted molar refractivity (Wildman–Crippen MR) is 102 cm³/mol. The minimum absolute atomic E-state index is 0.0713. The van der Waals surface area contributed by atoms with Crippen molar-refractivity contribution in [3.8, 4) is 11.5 Å². The number of aromatic nitrogens is 4. The molecule has 0 unspecified atom stereocenters. The van der Waals surface area contributed by atoms with E-state index in [0.29, 0.717) is 45.0 Å². The maximum absolute atomic E-state index is 6.21. The monoisotopic (exact) mass is 426 g/mol. The van der Waals surface area contributed by atoms with Crippen LogP contribution in [0.3, 0.4) is 0 Å². The standard InChI is InChI=1S/C18H20Cl2N4O4/c1-9(2)17-21-15(27-23-17)7-25-13-6-14(12(20)5-11(13)19)26-8-16-22-18(10(3)4)24-28-16/h5-6,9-10H,7-8H2,1-4H3. The molecule has 0 saturated carbocycles. The molecule has 2 heterocycles. The van der Waals surface area contributed by atoms with Crippen LogP contribution < -0.4 is 9.47 Å². The van der Waals surface area contributed by atoms with Crippen LogP contribution in [-0.4, -0.2) is 20.3 Å². The number of halogens is 2. The van der Waals surface area contributed by atoms with E-state index in [0.717, 1.165) is 0 Å². The Morgan fingerprint density at radius 1 is 0.786 bits per heavy atom. The molecule has 3 rings (SSSR count). The van der Waals surface area contributed by atoms with Gasteiger partial charge in [0.15, 0.2) is 24.9 Å². The highest BCUT2D eigenvalue weighted by Crippen LogP contribution is 2.36. The third kappa shape index (κ3) is 4.94. The van der Waals surface area contributed by atoms with Crippen molar-refractivity contribution < 1.29 is 18.5 Å². The summed E-state index contributed by atoms with van der Waals surface area (Å²) in [4.78, 5) is 8.51. The lowest BCUT2D eigenvalue weighted by molar-refractivity contribution is 0.232. The molecular weight excluding hydrogens is 407 g/mol. The molecule has 0 radical (unpaired) electrons. The fourth-order valence-corrected chi connectivity index (χ4v) is 2.63. The van der Waals surface area contributed by atoms with E-state index in [2.05, 4.69) is 20.3 Å². The van der Waals surface area contributed by atoms with Crippen molar-refractivity contribution in [2.75, 3.05) is 0 Å². The van der Waals surface area contributed by atoms with Crippen LogP contribution in [0.4, 0.5) is 0 Å².